The van der Waals surface area contributed by atoms with Crippen LogP contribution in [-0.4, -0.2) is 39.3 Å². The molecule has 0 aliphatic carbocycles. The zero-order chi connectivity index (χ0) is 16.1. The Hall–Kier alpha value is -0.845. The van der Waals surface area contributed by atoms with Crippen LogP contribution in [0.1, 0.15) is 38.7 Å². The van der Waals surface area contributed by atoms with E-state index in [9.17, 15) is 5.11 Å². The van der Waals surface area contributed by atoms with Crippen molar-refractivity contribution in [2.75, 3.05) is 0 Å². The van der Waals surface area contributed by atoms with Crippen LogP contribution in [0, 0.1) is 0 Å². The first-order valence-electron chi connectivity index (χ1n) is 7.48. The molecule has 1 N–H and O–H groups in total. The van der Waals surface area contributed by atoms with E-state index in [0.717, 1.165) is 0 Å². The lowest BCUT2D eigenvalue weighted by molar-refractivity contribution is 0.00578. The number of aromatic nitrogens is 2. The van der Waals surface area contributed by atoms with Crippen molar-refractivity contribution in [3.8, 4) is 0 Å². The van der Waals surface area contributed by atoms with E-state index in [1.807, 2.05) is 27.7 Å². The molecule has 1 aromatic rings. The molecule has 0 spiro atoms. The molecule has 18 heavy (non-hydrogen) atoms. The molecule has 0 unspecified atom stereocenters. The van der Waals surface area contributed by atoms with E-state index in [0.29, 0.717) is 5.46 Å². The molecule has 0 radical (unpaired) electrons. The van der Waals surface area contributed by atoms with Crippen LogP contribution in [0.5, 0.6) is 0 Å². The second-order valence-corrected chi connectivity index (χ2v) is 5.60. The van der Waals surface area contributed by atoms with Crippen molar-refractivity contribution in [2.24, 2.45) is 0 Å². The second kappa shape index (κ2) is 4.37. The van der Waals surface area contributed by atoms with Gasteiger partial charge in [-0.15, -0.1) is 0 Å². The number of aliphatic hydroxyl groups excluding tert-OH is 1. The zero-order valence-electron chi connectivity index (χ0n) is 14.2. The summed E-state index contributed by atoms with van der Waals surface area (Å²) in [5.74, 6) is 0. The van der Waals surface area contributed by atoms with Gasteiger partial charge in [-0.1, -0.05) is 0 Å². The fraction of sp³-hybridized carbons (Fsp3) is 0.750. The van der Waals surface area contributed by atoms with Crippen LogP contribution < -0.4 is 5.46 Å². The lowest BCUT2D eigenvalue weighted by atomic mass is 9.82. The molecular weight excluding hydrogens is 231 g/mol. The highest BCUT2D eigenvalue weighted by molar-refractivity contribution is 6.61. The molecule has 1 aromatic heterocycles. The minimum absolute atomic E-state index is 0.101. The van der Waals surface area contributed by atoms with E-state index in [1.54, 1.807) is 12.4 Å². The molecular formula is C12H21BN2O3. The van der Waals surface area contributed by atoms with Crippen molar-refractivity contribution in [1.29, 1.82) is 0 Å². The van der Waals surface area contributed by atoms with Crippen LogP contribution in [0.15, 0.2) is 12.4 Å². The van der Waals surface area contributed by atoms with Gasteiger partial charge < -0.3 is 14.4 Å². The molecule has 5 nitrogen and oxygen atoms in total. The van der Waals surface area contributed by atoms with Gasteiger partial charge in [0.25, 0.3) is 0 Å². The summed E-state index contributed by atoms with van der Waals surface area (Å²) in [5.41, 5.74) is -0.193. The highest BCUT2D eigenvalue weighted by Crippen LogP contribution is 2.36. The van der Waals surface area contributed by atoms with Crippen molar-refractivity contribution in [3.63, 3.8) is 0 Å². The normalized spacial score (nSPS) is 26.5. The number of hydrogen-bond donors (Lipinski definition) is 1. The Morgan fingerprint density at radius 1 is 1.44 bits per heavy atom. The molecule has 2 rings (SSSR count). The minimum atomic E-state index is -2.42. The fourth-order valence-corrected chi connectivity index (χ4v) is 1.76. The van der Waals surface area contributed by atoms with E-state index in [4.69, 9.17) is 13.4 Å². The lowest BCUT2D eigenvalue weighted by Crippen LogP contribution is -2.41. The lowest BCUT2D eigenvalue weighted by Gasteiger charge is -2.32. The van der Waals surface area contributed by atoms with Crippen LogP contribution in [0.3, 0.4) is 0 Å². The number of nitrogens with zero attached hydrogens (tertiary/aromatic N) is 2. The first-order chi connectivity index (χ1) is 9.42. The largest absolute Gasteiger partial charge is 0.498 e. The first-order valence-corrected chi connectivity index (χ1v) is 5.98. The third-order valence-electron chi connectivity index (χ3n) is 3.54. The highest BCUT2D eigenvalue weighted by Gasteiger charge is 2.52. The number of hydrogen-bond acceptors (Lipinski definition) is 4. The summed E-state index contributed by atoms with van der Waals surface area (Å²) in [5, 5.41) is 13.7. The predicted molar refractivity (Wildman–Crippen MR) is 69.6 cm³/mol. The highest BCUT2D eigenvalue weighted by atomic mass is 16.7. The average molecular weight is 255 g/mol. The van der Waals surface area contributed by atoms with Gasteiger partial charge in [0.1, 0.15) is 0 Å². The SMILES string of the molecule is [2H]C([2H])([2H])[C@H](O)Cn1cc(B2OC(C)(C)C(C)(C)O2)cn1. The van der Waals surface area contributed by atoms with E-state index in [2.05, 4.69) is 5.10 Å². The molecule has 0 saturated carbocycles. The van der Waals surface area contributed by atoms with Gasteiger partial charge in [-0.2, -0.15) is 5.10 Å². The Morgan fingerprint density at radius 2 is 2.06 bits per heavy atom. The summed E-state index contributed by atoms with van der Waals surface area (Å²) >= 11 is 0. The van der Waals surface area contributed by atoms with Crippen LogP contribution in [0.25, 0.3) is 0 Å². The monoisotopic (exact) mass is 255 g/mol. The maximum absolute atomic E-state index is 9.59. The third-order valence-corrected chi connectivity index (χ3v) is 3.54. The molecule has 1 atom stereocenters. The zero-order valence-corrected chi connectivity index (χ0v) is 11.2. The standard InChI is InChI=1S/C12H21BN2O3/c1-9(16)7-15-8-10(6-14-15)13-17-11(2,3)12(4,5)18-13/h6,8-9,16H,7H2,1-5H3/t9-/m0/s1/i1D3. The maximum atomic E-state index is 9.59. The van der Waals surface area contributed by atoms with E-state index in [-0.39, 0.29) is 6.54 Å². The van der Waals surface area contributed by atoms with E-state index < -0.39 is 31.3 Å². The summed E-state index contributed by atoms with van der Waals surface area (Å²) in [6.45, 7) is 5.30. The Morgan fingerprint density at radius 3 is 2.61 bits per heavy atom. The van der Waals surface area contributed by atoms with Crippen molar-refractivity contribution in [2.45, 2.75) is 58.4 Å². The summed E-state index contributed by atoms with van der Waals surface area (Å²) in [6.07, 6.45) is 1.74. The molecule has 0 amide bonds. The smallest absolute Gasteiger partial charge is 0.399 e. The van der Waals surface area contributed by atoms with Crippen molar-refractivity contribution >= 4 is 12.6 Å². The van der Waals surface area contributed by atoms with Gasteiger partial charge in [-0.3, -0.25) is 4.68 Å². The van der Waals surface area contributed by atoms with Crippen molar-refractivity contribution in [1.82, 2.24) is 9.78 Å². The molecule has 6 heteroatoms. The van der Waals surface area contributed by atoms with Gasteiger partial charge in [0, 0.05) is 22.0 Å². The molecule has 0 aromatic carbocycles. The van der Waals surface area contributed by atoms with Gasteiger partial charge in [0.15, 0.2) is 0 Å². The summed E-state index contributed by atoms with van der Waals surface area (Å²) < 4.78 is 34.6. The third kappa shape index (κ3) is 2.46. The molecule has 100 valence electrons. The van der Waals surface area contributed by atoms with Gasteiger partial charge in [0.05, 0.1) is 23.9 Å². The van der Waals surface area contributed by atoms with E-state index in [1.165, 1.54) is 4.68 Å². The van der Waals surface area contributed by atoms with Gasteiger partial charge in [0.2, 0.25) is 0 Å². The average Bonchev–Trinajstić information content (AvgIpc) is 2.81. The first kappa shape index (κ1) is 10.0. The van der Waals surface area contributed by atoms with Crippen LogP contribution in [0.2, 0.25) is 0 Å². The van der Waals surface area contributed by atoms with E-state index >= 15 is 0 Å². The molecule has 0 bridgehead atoms. The molecule has 1 aliphatic rings. The number of rotatable bonds is 3. The summed E-state index contributed by atoms with van der Waals surface area (Å²) in [7, 11) is -0.548. The predicted octanol–water partition coefficient (Wildman–Crippen LogP) is 0.563. The Kier molecular flexibility index (Phi) is 2.43. The number of aliphatic hydroxyl groups is 1. The van der Waals surface area contributed by atoms with Crippen LogP contribution in [-0.2, 0) is 15.9 Å². The molecule has 2 heterocycles. The van der Waals surface area contributed by atoms with Crippen LogP contribution >= 0.6 is 0 Å². The van der Waals surface area contributed by atoms with Crippen molar-refractivity contribution in [3.05, 3.63) is 12.4 Å². The van der Waals surface area contributed by atoms with Gasteiger partial charge in [-0.25, -0.2) is 0 Å². The Balaban J connectivity index is 2.08. The Labute approximate surface area is 112 Å². The summed E-state index contributed by atoms with van der Waals surface area (Å²) in [4.78, 5) is 0. The minimum Gasteiger partial charge on any atom is -0.399 e. The molecule has 1 aliphatic heterocycles. The second-order valence-electron chi connectivity index (χ2n) is 5.60. The van der Waals surface area contributed by atoms with Gasteiger partial charge in [-0.05, 0) is 34.5 Å². The Bertz CT molecular complexity index is 500. The summed E-state index contributed by atoms with van der Waals surface area (Å²) in [6, 6.07) is 0. The van der Waals surface area contributed by atoms with Crippen LogP contribution in [0.4, 0.5) is 0 Å². The maximum Gasteiger partial charge on any atom is 0.498 e. The molecule has 1 fully saturated rings. The quantitative estimate of drug-likeness (QED) is 0.802. The molecule has 1 saturated heterocycles. The van der Waals surface area contributed by atoms with Crippen molar-refractivity contribution < 1.29 is 18.5 Å². The van der Waals surface area contributed by atoms with Gasteiger partial charge >= 0.3 is 7.12 Å². The topological polar surface area (TPSA) is 56.5 Å². The fourth-order valence-electron chi connectivity index (χ4n) is 1.76.